The Kier molecular flexibility index (Phi) is 7.27. The Bertz CT molecular complexity index is 1110. The molecule has 1 saturated heterocycles. The van der Waals surface area contributed by atoms with Crippen LogP contribution in [0, 0.1) is 5.92 Å². The van der Waals surface area contributed by atoms with Crippen molar-refractivity contribution in [2.45, 2.75) is 38.6 Å². The Balaban J connectivity index is 1.41. The molecule has 2 aromatic heterocycles. The first kappa shape index (κ1) is 22.6. The van der Waals surface area contributed by atoms with Gasteiger partial charge in [-0.3, -0.25) is 9.59 Å². The summed E-state index contributed by atoms with van der Waals surface area (Å²) in [5.74, 6) is 0.851. The lowest BCUT2D eigenvalue weighted by Crippen LogP contribution is -2.42. The van der Waals surface area contributed by atoms with Crippen LogP contribution in [0.1, 0.15) is 43.5 Å². The molecular formula is C24H27ClN4O2S. The Morgan fingerprint density at radius 2 is 2.03 bits per heavy atom. The van der Waals surface area contributed by atoms with Gasteiger partial charge in [-0.2, -0.15) is 4.68 Å². The van der Waals surface area contributed by atoms with Gasteiger partial charge in [0.05, 0.1) is 11.7 Å². The molecule has 32 heavy (non-hydrogen) atoms. The Morgan fingerprint density at radius 3 is 2.72 bits per heavy atom. The third-order valence-electron chi connectivity index (χ3n) is 5.81. The van der Waals surface area contributed by atoms with Gasteiger partial charge in [0.15, 0.2) is 0 Å². The number of piperidine rings is 1. The fourth-order valence-corrected chi connectivity index (χ4v) is 5.08. The molecule has 0 unspecified atom stereocenters. The van der Waals surface area contributed by atoms with E-state index in [4.69, 9.17) is 11.6 Å². The lowest BCUT2D eigenvalue weighted by Gasteiger charge is -2.33. The maximum atomic E-state index is 12.9. The number of amides is 1. The fraction of sp³-hybridized carbons (Fsp3) is 0.375. The van der Waals surface area contributed by atoms with E-state index in [1.807, 2.05) is 6.07 Å². The van der Waals surface area contributed by atoms with Crippen LogP contribution in [-0.4, -0.2) is 28.8 Å². The number of aromatic nitrogens is 2. The number of anilines is 1. The van der Waals surface area contributed by atoms with Gasteiger partial charge in [0, 0.05) is 35.0 Å². The highest BCUT2D eigenvalue weighted by Crippen LogP contribution is 2.26. The molecule has 1 aromatic carbocycles. The minimum absolute atomic E-state index is 0.00981. The van der Waals surface area contributed by atoms with E-state index in [2.05, 4.69) is 33.7 Å². The van der Waals surface area contributed by atoms with Crippen LogP contribution in [0.5, 0.6) is 0 Å². The molecule has 0 radical (unpaired) electrons. The zero-order valence-electron chi connectivity index (χ0n) is 18.0. The fourth-order valence-electron chi connectivity index (χ4n) is 4.09. The predicted molar refractivity (Wildman–Crippen MR) is 130 cm³/mol. The van der Waals surface area contributed by atoms with Crippen molar-refractivity contribution in [2.24, 2.45) is 5.92 Å². The van der Waals surface area contributed by atoms with Crippen molar-refractivity contribution in [1.82, 2.24) is 15.1 Å². The first-order chi connectivity index (χ1) is 15.5. The molecule has 1 fully saturated rings. The molecule has 3 aromatic rings. The average Bonchev–Trinajstić information content (AvgIpc) is 3.34. The van der Waals surface area contributed by atoms with Crippen molar-refractivity contribution in [3.8, 4) is 5.69 Å². The smallest absolute Gasteiger partial charge is 0.271 e. The third kappa shape index (κ3) is 5.22. The van der Waals surface area contributed by atoms with Gasteiger partial charge < -0.3 is 10.2 Å². The number of carbonyl (C=O) groups excluding carboxylic acids is 1. The van der Waals surface area contributed by atoms with Gasteiger partial charge >= 0.3 is 0 Å². The lowest BCUT2D eigenvalue weighted by molar-refractivity contribution is -0.126. The number of benzene rings is 1. The van der Waals surface area contributed by atoms with E-state index >= 15 is 0 Å². The second-order valence-electron chi connectivity index (χ2n) is 8.05. The van der Waals surface area contributed by atoms with Gasteiger partial charge in [-0.15, -0.1) is 16.4 Å². The van der Waals surface area contributed by atoms with Crippen LogP contribution in [0.15, 0.2) is 58.7 Å². The summed E-state index contributed by atoms with van der Waals surface area (Å²) in [5, 5.41) is 10.4. The number of hydrogen-bond acceptors (Lipinski definition) is 5. The molecule has 1 aliphatic rings. The number of carbonyl (C=O) groups is 1. The van der Waals surface area contributed by atoms with Gasteiger partial charge in [0.2, 0.25) is 5.91 Å². The van der Waals surface area contributed by atoms with E-state index in [0.29, 0.717) is 10.7 Å². The summed E-state index contributed by atoms with van der Waals surface area (Å²) in [6, 6.07) is 14.6. The van der Waals surface area contributed by atoms with E-state index in [9.17, 15) is 9.59 Å². The zero-order valence-corrected chi connectivity index (χ0v) is 19.6. The molecule has 8 heteroatoms. The van der Waals surface area contributed by atoms with Crippen molar-refractivity contribution < 1.29 is 4.79 Å². The average molecular weight is 471 g/mol. The normalized spacial score (nSPS) is 15.5. The minimum Gasteiger partial charge on any atom is -0.355 e. The highest BCUT2D eigenvalue weighted by Gasteiger charge is 2.27. The monoisotopic (exact) mass is 470 g/mol. The molecule has 0 saturated carbocycles. The number of nitrogens with zero attached hydrogens (tertiary/aromatic N) is 3. The SMILES string of the molecule is CCC[C@H](NC(=O)C1CCN(c2ccc(=O)n(-c3cccc(Cl)c3)n2)CC1)c1cccs1. The van der Waals surface area contributed by atoms with Gasteiger partial charge in [0.1, 0.15) is 5.82 Å². The van der Waals surface area contributed by atoms with Crippen LogP contribution < -0.4 is 15.8 Å². The summed E-state index contributed by atoms with van der Waals surface area (Å²) in [6.45, 7) is 3.58. The molecule has 6 nitrogen and oxygen atoms in total. The maximum absolute atomic E-state index is 12.9. The summed E-state index contributed by atoms with van der Waals surface area (Å²) >= 11 is 7.77. The largest absolute Gasteiger partial charge is 0.355 e. The van der Waals surface area contributed by atoms with Gasteiger partial charge in [-0.25, -0.2) is 0 Å². The van der Waals surface area contributed by atoms with Crippen molar-refractivity contribution in [1.29, 1.82) is 0 Å². The van der Waals surface area contributed by atoms with Crippen LogP contribution in [-0.2, 0) is 4.79 Å². The highest BCUT2D eigenvalue weighted by atomic mass is 35.5. The van der Waals surface area contributed by atoms with Gasteiger partial charge in [-0.05, 0) is 55.0 Å². The number of hydrogen-bond donors (Lipinski definition) is 1. The summed E-state index contributed by atoms with van der Waals surface area (Å²) in [5.41, 5.74) is 0.426. The summed E-state index contributed by atoms with van der Waals surface area (Å²) in [7, 11) is 0. The Morgan fingerprint density at radius 1 is 1.22 bits per heavy atom. The van der Waals surface area contributed by atoms with Gasteiger partial charge in [0.25, 0.3) is 5.56 Å². The molecular weight excluding hydrogens is 444 g/mol. The van der Waals surface area contributed by atoms with Crippen LogP contribution in [0.25, 0.3) is 5.69 Å². The molecule has 1 amide bonds. The second kappa shape index (κ2) is 10.3. The predicted octanol–water partition coefficient (Wildman–Crippen LogP) is 4.82. The lowest BCUT2D eigenvalue weighted by atomic mass is 9.95. The van der Waals surface area contributed by atoms with Crippen molar-refractivity contribution in [3.05, 3.63) is 74.2 Å². The molecule has 0 aliphatic carbocycles. The van der Waals surface area contributed by atoms with E-state index in [1.54, 1.807) is 41.7 Å². The molecule has 1 N–H and O–H groups in total. The van der Waals surface area contributed by atoms with Crippen LogP contribution in [0.2, 0.25) is 5.02 Å². The molecule has 0 spiro atoms. The third-order valence-corrected chi connectivity index (χ3v) is 7.03. The van der Waals surface area contributed by atoms with Crippen LogP contribution in [0.4, 0.5) is 5.82 Å². The van der Waals surface area contributed by atoms with E-state index < -0.39 is 0 Å². The number of thiophene rings is 1. The molecule has 1 atom stereocenters. The highest BCUT2D eigenvalue weighted by molar-refractivity contribution is 7.10. The summed E-state index contributed by atoms with van der Waals surface area (Å²) in [4.78, 5) is 28.6. The number of rotatable bonds is 7. The van der Waals surface area contributed by atoms with E-state index in [0.717, 1.165) is 44.6 Å². The van der Waals surface area contributed by atoms with Crippen LogP contribution >= 0.6 is 22.9 Å². The van der Waals surface area contributed by atoms with Crippen LogP contribution in [0.3, 0.4) is 0 Å². The summed E-state index contributed by atoms with van der Waals surface area (Å²) in [6.07, 6.45) is 3.48. The van der Waals surface area contributed by atoms with Crippen molar-refractivity contribution in [3.63, 3.8) is 0 Å². The second-order valence-corrected chi connectivity index (χ2v) is 9.46. The quantitative estimate of drug-likeness (QED) is 0.537. The Hall–Kier alpha value is -2.64. The molecule has 168 valence electrons. The molecule has 0 bridgehead atoms. The molecule has 4 rings (SSSR count). The topological polar surface area (TPSA) is 67.2 Å². The first-order valence-electron chi connectivity index (χ1n) is 11.0. The summed E-state index contributed by atoms with van der Waals surface area (Å²) < 4.78 is 1.37. The van der Waals surface area contributed by atoms with Crippen molar-refractivity contribution >= 4 is 34.7 Å². The number of nitrogens with one attached hydrogen (secondary N) is 1. The zero-order chi connectivity index (χ0) is 22.5. The van der Waals surface area contributed by atoms with E-state index in [1.165, 1.54) is 15.6 Å². The maximum Gasteiger partial charge on any atom is 0.271 e. The Labute approximate surface area is 196 Å². The first-order valence-corrected chi connectivity index (χ1v) is 12.3. The van der Waals surface area contributed by atoms with Gasteiger partial charge in [-0.1, -0.05) is 37.1 Å². The van der Waals surface area contributed by atoms with Crippen molar-refractivity contribution in [2.75, 3.05) is 18.0 Å². The molecule has 3 heterocycles. The number of halogens is 1. The van der Waals surface area contributed by atoms with E-state index in [-0.39, 0.29) is 23.4 Å². The standard InChI is InChI=1S/C24H27ClN4O2S/c1-2-5-20(21-8-4-15-32-21)26-24(31)17-11-13-28(14-12-17)22-9-10-23(30)29(27-22)19-7-3-6-18(25)16-19/h3-4,6-10,15-17,20H,2,5,11-14H2,1H3,(H,26,31)/t20-/m0/s1. The molecule has 1 aliphatic heterocycles. The minimum atomic E-state index is -0.208.